The van der Waals surface area contributed by atoms with E-state index in [0.29, 0.717) is 21.2 Å². The molecule has 2 nitrogen and oxygen atoms in total. The summed E-state index contributed by atoms with van der Waals surface area (Å²) in [5.74, 6) is 0. The van der Waals surface area contributed by atoms with Crippen molar-refractivity contribution in [1.29, 1.82) is 0 Å². The zero-order chi connectivity index (χ0) is 20.9. The molecule has 0 bridgehead atoms. The van der Waals surface area contributed by atoms with Crippen molar-refractivity contribution in [2.45, 2.75) is 0 Å². The minimum atomic E-state index is -3.22. The molecule has 1 heterocycles. The molecule has 1 aliphatic heterocycles. The fourth-order valence-corrected chi connectivity index (χ4v) is 12.5. The predicted molar refractivity (Wildman–Crippen MR) is 134 cm³/mol. The van der Waals surface area contributed by atoms with Gasteiger partial charge in [-0.05, 0) is 36.4 Å². The topological polar surface area (TPSA) is 34.1 Å². The predicted octanol–water partition coefficient (Wildman–Crippen LogP) is 4.80. The van der Waals surface area contributed by atoms with Crippen molar-refractivity contribution in [1.82, 2.24) is 0 Å². The molecule has 0 saturated heterocycles. The zero-order valence-electron chi connectivity index (χ0n) is 15.7. The van der Waals surface area contributed by atoms with Gasteiger partial charge in [-0.3, -0.25) is 0 Å². The lowest BCUT2D eigenvalue weighted by atomic mass is 10.3. The second-order valence-electron chi connectivity index (χ2n) is 7.16. The second-order valence-corrected chi connectivity index (χ2v) is 14.4. The van der Waals surface area contributed by atoms with Crippen LogP contribution in [-0.2, 0) is 9.13 Å². The average Bonchev–Trinajstić information content (AvgIpc) is 2.78. The van der Waals surface area contributed by atoms with E-state index in [4.69, 9.17) is 0 Å². The summed E-state index contributed by atoms with van der Waals surface area (Å²) in [7, 11) is -6.43. The summed E-state index contributed by atoms with van der Waals surface area (Å²) in [6, 6.07) is 30.3. The van der Waals surface area contributed by atoms with Crippen molar-refractivity contribution in [2.24, 2.45) is 0 Å². The van der Waals surface area contributed by atoms with E-state index in [1.165, 1.54) is 0 Å². The molecule has 0 radical (unpaired) electrons. The molecule has 0 aromatic heterocycles. The van der Waals surface area contributed by atoms with Crippen LogP contribution in [0, 0.1) is 0 Å². The van der Waals surface area contributed by atoms with Gasteiger partial charge in [0.15, 0.2) is 14.3 Å². The van der Waals surface area contributed by atoms with Crippen molar-refractivity contribution in [3.8, 4) is 0 Å². The molecule has 148 valence electrons. The summed E-state index contributed by atoms with van der Waals surface area (Å²) in [6.45, 7) is 0. The zero-order valence-corrected chi connectivity index (χ0v) is 20.7. The molecule has 6 heteroatoms. The Labute approximate surface area is 192 Å². The third kappa shape index (κ3) is 2.89. The van der Waals surface area contributed by atoms with Gasteiger partial charge in [0, 0.05) is 40.8 Å². The maximum atomic E-state index is 14.9. The van der Waals surface area contributed by atoms with Gasteiger partial charge in [-0.25, -0.2) is 0 Å². The van der Waals surface area contributed by atoms with Crippen LogP contribution in [0.3, 0.4) is 0 Å². The van der Waals surface area contributed by atoms with Crippen LogP contribution < -0.4 is 31.8 Å². The first kappa shape index (κ1) is 20.2. The number of fused-ring (bicyclic) bond motifs is 2. The Morgan fingerprint density at radius 2 is 0.833 bits per heavy atom. The summed E-state index contributed by atoms with van der Waals surface area (Å²) in [6.07, 6.45) is 0. The molecule has 0 spiro atoms. The van der Waals surface area contributed by atoms with Crippen LogP contribution in [0.25, 0.3) is 0 Å². The Balaban J connectivity index is 1.98. The number of hydrogen-bond acceptors (Lipinski definition) is 2. The molecule has 0 amide bonds. The lowest BCUT2D eigenvalue weighted by Gasteiger charge is -2.35. The van der Waals surface area contributed by atoms with E-state index in [9.17, 15) is 9.13 Å². The number of halogens is 2. The van der Waals surface area contributed by atoms with Crippen LogP contribution in [0.15, 0.2) is 106 Å². The molecular formula is C24H16Br2O2P2. The van der Waals surface area contributed by atoms with Gasteiger partial charge < -0.3 is 9.13 Å². The van der Waals surface area contributed by atoms with Crippen molar-refractivity contribution in [2.75, 3.05) is 0 Å². The van der Waals surface area contributed by atoms with Gasteiger partial charge in [-0.1, -0.05) is 92.5 Å². The van der Waals surface area contributed by atoms with Gasteiger partial charge in [0.05, 0.1) is 0 Å². The molecule has 30 heavy (non-hydrogen) atoms. The molecule has 2 unspecified atom stereocenters. The standard InChI is InChI=1S/C24H16Br2O2P2/c25-17-12-14-22-23(15-17)29(27,19-7-3-1-4-8-19)21-13-11-18(26)16-24(21)30(22,28)20-9-5-2-6-10-20/h1-16H. The van der Waals surface area contributed by atoms with Crippen LogP contribution in [0.4, 0.5) is 0 Å². The van der Waals surface area contributed by atoms with E-state index in [1.54, 1.807) is 0 Å². The van der Waals surface area contributed by atoms with Gasteiger partial charge in [-0.2, -0.15) is 0 Å². The van der Waals surface area contributed by atoms with Crippen molar-refractivity contribution in [3.05, 3.63) is 106 Å². The first-order valence-electron chi connectivity index (χ1n) is 9.38. The highest BCUT2D eigenvalue weighted by atomic mass is 79.9. The highest BCUT2D eigenvalue weighted by Gasteiger charge is 2.47. The lowest BCUT2D eigenvalue weighted by molar-refractivity contribution is 0.589. The Kier molecular flexibility index (Phi) is 5.03. The van der Waals surface area contributed by atoms with E-state index >= 15 is 0 Å². The second kappa shape index (κ2) is 7.46. The third-order valence-electron chi connectivity index (χ3n) is 5.47. The highest BCUT2D eigenvalue weighted by Crippen LogP contribution is 2.54. The van der Waals surface area contributed by atoms with E-state index in [1.807, 2.05) is 97.1 Å². The Bertz CT molecular complexity index is 1260. The molecule has 4 aromatic carbocycles. The minimum Gasteiger partial charge on any atom is -0.309 e. The SMILES string of the molecule is O=P1(c2ccccc2)c2ccc(Br)cc2P(=O)(c2ccccc2)c2ccc(Br)cc21. The lowest BCUT2D eigenvalue weighted by Crippen LogP contribution is -2.49. The van der Waals surface area contributed by atoms with E-state index in [-0.39, 0.29) is 0 Å². The quantitative estimate of drug-likeness (QED) is 0.292. The Morgan fingerprint density at radius 3 is 1.20 bits per heavy atom. The van der Waals surface area contributed by atoms with E-state index in [0.717, 1.165) is 19.6 Å². The number of rotatable bonds is 2. The monoisotopic (exact) mass is 556 g/mol. The van der Waals surface area contributed by atoms with Crippen LogP contribution in [0.2, 0.25) is 0 Å². The number of benzene rings is 4. The van der Waals surface area contributed by atoms with Gasteiger partial charge in [-0.15, -0.1) is 0 Å². The smallest absolute Gasteiger partial charge is 0.172 e. The van der Waals surface area contributed by atoms with Crippen LogP contribution in [0.1, 0.15) is 0 Å². The maximum absolute atomic E-state index is 14.9. The Morgan fingerprint density at radius 1 is 0.467 bits per heavy atom. The van der Waals surface area contributed by atoms with Crippen molar-refractivity contribution < 1.29 is 9.13 Å². The van der Waals surface area contributed by atoms with Gasteiger partial charge in [0.1, 0.15) is 0 Å². The van der Waals surface area contributed by atoms with Crippen molar-refractivity contribution in [3.63, 3.8) is 0 Å². The van der Waals surface area contributed by atoms with Gasteiger partial charge >= 0.3 is 0 Å². The third-order valence-corrected chi connectivity index (χ3v) is 13.1. The van der Waals surface area contributed by atoms with E-state index < -0.39 is 14.3 Å². The van der Waals surface area contributed by atoms with Crippen LogP contribution in [-0.4, -0.2) is 0 Å². The van der Waals surface area contributed by atoms with E-state index in [2.05, 4.69) is 31.9 Å². The average molecular weight is 558 g/mol. The Hall–Kier alpha value is -1.70. The molecule has 0 fully saturated rings. The summed E-state index contributed by atoms with van der Waals surface area (Å²) in [5.41, 5.74) is 0. The summed E-state index contributed by atoms with van der Waals surface area (Å²) >= 11 is 7.08. The summed E-state index contributed by atoms with van der Waals surface area (Å²) in [4.78, 5) is 0. The van der Waals surface area contributed by atoms with Crippen LogP contribution in [0.5, 0.6) is 0 Å². The van der Waals surface area contributed by atoms with Gasteiger partial charge in [0.2, 0.25) is 0 Å². The molecule has 0 aliphatic carbocycles. The van der Waals surface area contributed by atoms with Crippen LogP contribution >= 0.6 is 46.1 Å². The molecular weight excluding hydrogens is 542 g/mol. The summed E-state index contributed by atoms with van der Waals surface area (Å²) in [5, 5.41) is 4.07. The first-order chi connectivity index (χ1) is 14.5. The molecule has 1 aliphatic rings. The van der Waals surface area contributed by atoms with Gasteiger partial charge in [0.25, 0.3) is 0 Å². The number of hydrogen-bond donors (Lipinski definition) is 0. The first-order valence-corrected chi connectivity index (χ1v) is 14.4. The fraction of sp³-hybridized carbons (Fsp3) is 0. The fourth-order valence-electron chi connectivity index (χ4n) is 4.12. The molecule has 5 rings (SSSR count). The molecule has 2 atom stereocenters. The molecule has 0 N–H and O–H groups in total. The normalized spacial score (nSPS) is 22.2. The highest BCUT2D eigenvalue weighted by molar-refractivity contribution is 9.10. The van der Waals surface area contributed by atoms with Crippen molar-refractivity contribution >= 4 is 78.0 Å². The summed E-state index contributed by atoms with van der Waals surface area (Å²) < 4.78 is 31.4. The molecule has 0 saturated carbocycles. The molecule has 4 aromatic rings. The minimum absolute atomic E-state index is 0.644. The largest absolute Gasteiger partial charge is 0.309 e. The maximum Gasteiger partial charge on any atom is 0.172 e.